The highest BCUT2D eigenvalue weighted by molar-refractivity contribution is 5.83. The van der Waals surface area contributed by atoms with Crippen LogP contribution in [0.3, 0.4) is 0 Å². The zero-order chi connectivity index (χ0) is 28.3. The third kappa shape index (κ3) is 5.57. The Hall–Kier alpha value is -4.57. The maximum Gasteiger partial charge on any atom is 0.253 e. The normalized spacial score (nSPS) is 12.6. The molecule has 0 saturated carbocycles. The van der Waals surface area contributed by atoms with Gasteiger partial charge in [0.25, 0.3) is 5.56 Å². The number of H-pyrrole nitrogens is 1. The topological polar surface area (TPSA) is 111 Å². The zero-order valence-electron chi connectivity index (χ0n) is 23.3. The molecule has 0 spiro atoms. The number of hydrogen-bond acceptors (Lipinski definition) is 8. The smallest absolute Gasteiger partial charge is 0.253 e. The van der Waals surface area contributed by atoms with Crippen molar-refractivity contribution in [1.82, 2.24) is 35.1 Å². The average Bonchev–Trinajstić information content (AvgIpc) is 3.44. The van der Waals surface area contributed by atoms with Crippen molar-refractivity contribution in [2.24, 2.45) is 0 Å². The van der Waals surface area contributed by atoms with Crippen LogP contribution in [0.1, 0.15) is 49.3 Å². The number of methoxy groups -OCH3 is 2. The van der Waals surface area contributed by atoms with Crippen molar-refractivity contribution in [2.45, 2.75) is 45.4 Å². The summed E-state index contributed by atoms with van der Waals surface area (Å²) in [5, 5.41) is 13.7. The van der Waals surface area contributed by atoms with E-state index in [-0.39, 0.29) is 5.56 Å². The second kappa shape index (κ2) is 11.3. The summed E-state index contributed by atoms with van der Waals surface area (Å²) in [4.78, 5) is 23.4. The predicted octanol–water partition coefficient (Wildman–Crippen LogP) is 4.47. The minimum Gasteiger partial charge on any atom is -0.493 e. The van der Waals surface area contributed by atoms with Crippen molar-refractivity contribution in [3.05, 3.63) is 106 Å². The Bertz CT molecular complexity index is 1600. The van der Waals surface area contributed by atoms with Crippen LogP contribution in [0, 0.1) is 0 Å². The van der Waals surface area contributed by atoms with Crippen LogP contribution in [0.25, 0.3) is 10.9 Å². The van der Waals surface area contributed by atoms with Crippen LogP contribution in [0.2, 0.25) is 0 Å². The van der Waals surface area contributed by atoms with Crippen molar-refractivity contribution in [3.8, 4) is 11.5 Å². The lowest BCUT2D eigenvalue weighted by atomic mass is 10.00. The van der Waals surface area contributed by atoms with Gasteiger partial charge in [0, 0.05) is 42.5 Å². The summed E-state index contributed by atoms with van der Waals surface area (Å²) in [5.41, 5.74) is 2.58. The lowest BCUT2D eigenvalue weighted by Crippen LogP contribution is -2.37. The minimum absolute atomic E-state index is 0.238. The monoisotopic (exact) mass is 539 g/mol. The Balaban J connectivity index is 1.74. The SMILES string of the molecule is COc1cc2cc(C(c3nnnn3C(C)(C)C)N(Cc3ccccc3)Cc3cccnc3)c(=O)[nH]c2cc1OC. The Morgan fingerprint density at radius 2 is 1.65 bits per heavy atom. The number of aromatic amines is 1. The fourth-order valence-corrected chi connectivity index (χ4v) is 4.88. The van der Waals surface area contributed by atoms with Gasteiger partial charge in [0.1, 0.15) is 6.04 Å². The molecule has 5 aromatic rings. The summed E-state index contributed by atoms with van der Waals surface area (Å²) in [7, 11) is 3.16. The molecule has 1 unspecified atom stereocenters. The molecule has 0 saturated heterocycles. The van der Waals surface area contributed by atoms with Crippen LogP contribution >= 0.6 is 0 Å². The van der Waals surface area contributed by atoms with E-state index in [0.717, 1.165) is 16.5 Å². The molecule has 0 fully saturated rings. The average molecular weight is 540 g/mol. The number of nitrogens with zero attached hydrogens (tertiary/aromatic N) is 6. The molecular weight excluding hydrogens is 506 g/mol. The second-order valence-corrected chi connectivity index (χ2v) is 10.6. The second-order valence-electron chi connectivity index (χ2n) is 10.6. The lowest BCUT2D eigenvalue weighted by Gasteiger charge is -2.33. The van der Waals surface area contributed by atoms with Gasteiger partial charge in [0.15, 0.2) is 17.3 Å². The van der Waals surface area contributed by atoms with Crippen molar-refractivity contribution in [3.63, 3.8) is 0 Å². The highest BCUT2D eigenvalue weighted by atomic mass is 16.5. The summed E-state index contributed by atoms with van der Waals surface area (Å²) in [6.45, 7) is 7.16. The van der Waals surface area contributed by atoms with E-state index in [1.54, 1.807) is 31.2 Å². The largest absolute Gasteiger partial charge is 0.493 e. The van der Waals surface area contributed by atoms with E-state index in [0.29, 0.717) is 41.5 Å². The van der Waals surface area contributed by atoms with Gasteiger partial charge >= 0.3 is 0 Å². The first-order chi connectivity index (χ1) is 19.3. The first kappa shape index (κ1) is 27.0. The Kier molecular flexibility index (Phi) is 7.61. The van der Waals surface area contributed by atoms with Crippen molar-refractivity contribution in [2.75, 3.05) is 14.2 Å². The number of nitrogens with one attached hydrogen (secondary N) is 1. The van der Waals surface area contributed by atoms with Gasteiger partial charge < -0.3 is 14.5 Å². The van der Waals surface area contributed by atoms with Gasteiger partial charge in [-0.1, -0.05) is 36.4 Å². The third-order valence-corrected chi connectivity index (χ3v) is 6.75. The molecule has 0 amide bonds. The summed E-state index contributed by atoms with van der Waals surface area (Å²) < 4.78 is 12.8. The quantitative estimate of drug-likeness (QED) is 0.292. The fourth-order valence-electron chi connectivity index (χ4n) is 4.88. The molecule has 0 bridgehead atoms. The molecule has 10 heteroatoms. The van der Waals surface area contributed by atoms with Gasteiger partial charge in [-0.2, -0.15) is 0 Å². The molecule has 40 heavy (non-hydrogen) atoms. The van der Waals surface area contributed by atoms with Gasteiger partial charge in [0.2, 0.25) is 0 Å². The van der Waals surface area contributed by atoms with Crippen LogP contribution in [-0.4, -0.2) is 49.3 Å². The molecule has 0 radical (unpaired) electrons. The maximum atomic E-state index is 13.8. The Morgan fingerprint density at radius 1 is 0.950 bits per heavy atom. The number of tetrazole rings is 1. The van der Waals surface area contributed by atoms with Crippen molar-refractivity contribution < 1.29 is 9.47 Å². The van der Waals surface area contributed by atoms with Gasteiger partial charge in [-0.3, -0.25) is 14.7 Å². The van der Waals surface area contributed by atoms with E-state index in [9.17, 15) is 4.79 Å². The summed E-state index contributed by atoms with van der Waals surface area (Å²) in [6.07, 6.45) is 3.59. The number of benzene rings is 2. The van der Waals surface area contributed by atoms with Crippen LogP contribution in [0.15, 0.2) is 77.9 Å². The first-order valence-electron chi connectivity index (χ1n) is 13.0. The van der Waals surface area contributed by atoms with Crippen molar-refractivity contribution >= 4 is 10.9 Å². The third-order valence-electron chi connectivity index (χ3n) is 6.75. The lowest BCUT2D eigenvalue weighted by molar-refractivity contribution is 0.184. The molecule has 1 atom stereocenters. The van der Waals surface area contributed by atoms with Gasteiger partial charge in [-0.05, 0) is 60.5 Å². The van der Waals surface area contributed by atoms with Gasteiger partial charge in [-0.15, -0.1) is 5.10 Å². The molecule has 1 N–H and O–H groups in total. The Labute approximate surface area is 232 Å². The van der Waals surface area contributed by atoms with Crippen LogP contribution < -0.4 is 15.0 Å². The van der Waals surface area contributed by atoms with E-state index >= 15 is 0 Å². The number of pyridine rings is 2. The molecule has 2 aromatic carbocycles. The number of hydrogen-bond donors (Lipinski definition) is 1. The number of ether oxygens (including phenoxy) is 2. The number of rotatable bonds is 9. The maximum absolute atomic E-state index is 13.8. The summed E-state index contributed by atoms with van der Waals surface area (Å²) in [6, 6.07) is 19.0. The van der Waals surface area contributed by atoms with Crippen LogP contribution in [0.5, 0.6) is 11.5 Å². The molecule has 0 aliphatic heterocycles. The first-order valence-corrected chi connectivity index (χ1v) is 13.0. The predicted molar refractivity (Wildman–Crippen MR) is 152 cm³/mol. The Morgan fingerprint density at radius 3 is 2.33 bits per heavy atom. The molecule has 3 aromatic heterocycles. The standard InChI is InChI=1S/C30H33N7O3/c1-30(2,3)37-28(33-34-35-37)27(23-14-22-15-25(39-4)26(40-5)16-24(22)32-29(23)38)36(18-20-10-7-6-8-11-20)19-21-12-9-13-31-17-21/h6-17,27H,18-19H2,1-5H3,(H,32,38). The molecule has 3 heterocycles. The van der Waals surface area contributed by atoms with Crippen molar-refractivity contribution in [1.29, 1.82) is 0 Å². The highest BCUT2D eigenvalue weighted by Gasteiger charge is 2.33. The minimum atomic E-state index is -0.587. The van der Waals surface area contributed by atoms with E-state index < -0.39 is 11.6 Å². The van der Waals surface area contributed by atoms with Crippen LogP contribution in [-0.2, 0) is 18.6 Å². The summed E-state index contributed by atoms with van der Waals surface area (Å²) >= 11 is 0. The van der Waals surface area contributed by atoms with E-state index in [1.165, 1.54) is 0 Å². The molecule has 10 nitrogen and oxygen atoms in total. The van der Waals surface area contributed by atoms with E-state index in [4.69, 9.17) is 9.47 Å². The van der Waals surface area contributed by atoms with E-state index in [2.05, 4.69) is 42.5 Å². The van der Waals surface area contributed by atoms with Gasteiger partial charge in [-0.25, -0.2) is 4.68 Å². The molecule has 0 aliphatic rings. The van der Waals surface area contributed by atoms with E-state index in [1.807, 2.05) is 69.4 Å². The van der Waals surface area contributed by atoms with Crippen LogP contribution in [0.4, 0.5) is 0 Å². The molecule has 5 rings (SSSR count). The highest BCUT2D eigenvalue weighted by Crippen LogP contribution is 2.35. The molecule has 0 aliphatic carbocycles. The summed E-state index contributed by atoms with van der Waals surface area (Å²) in [5.74, 6) is 1.67. The number of fused-ring (bicyclic) bond motifs is 1. The fraction of sp³-hybridized carbons (Fsp3) is 0.300. The molecule has 206 valence electrons. The van der Waals surface area contributed by atoms with Gasteiger partial charge in [0.05, 0.1) is 25.3 Å². The zero-order valence-corrected chi connectivity index (χ0v) is 23.3. The number of aromatic nitrogens is 6. The molecular formula is C30H33N7O3.